The van der Waals surface area contributed by atoms with E-state index in [1.807, 2.05) is 4.90 Å². The molecule has 1 aromatic carbocycles. The average Bonchev–Trinajstić information content (AvgIpc) is 3.13. The van der Waals surface area contributed by atoms with Gasteiger partial charge in [-0.1, -0.05) is 29.3 Å². The lowest BCUT2D eigenvalue weighted by atomic mass is 10.2. The molecule has 0 amide bonds. The van der Waals surface area contributed by atoms with E-state index in [0.717, 1.165) is 10.1 Å². The van der Waals surface area contributed by atoms with E-state index in [9.17, 15) is 4.79 Å². The van der Waals surface area contributed by atoms with E-state index >= 15 is 0 Å². The molecule has 8 heteroatoms. The van der Waals surface area contributed by atoms with E-state index in [-0.39, 0.29) is 18.7 Å². The van der Waals surface area contributed by atoms with Gasteiger partial charge in [0, 0.05) is 56.5 Å². The summed E-state index contributed by atoms with van der Waals surface area (Å²) < 4.78 is 52.3. The zero-order valence-electron chi connectivity index (χ0n) is 20.3. The molecule has 0 aliphatic carbocycles. The second-order valence-electron chi connectivity index (χ2n) is 6.04. The van der Waals surface area contributed by atoms with Crippen LogP contribution in [0.1, 0.15) is 14.6 Å². The van der Waals surface area contributed by atoms with Gasteiger partial charge in [-0.25, -0.2) is 9.48 Å². The molecule has 0 radical (unpaired) electrons. The van der Waals surface area contributed by atoms with Gasteiger partial charge in [-0.3, -0.25) is 9.30 Å². The van der Waals surface area contributed by atoms with Crippen LogP contribution in [0.2, 0.25) is 10.0 Å². The van der Waals surface area contributed by atoms with Crippen LogP contribution in [0.3, 0.4) is 0 Å². The van der Waals surface area contributed by atoms with Crippen molar-refractivity contribution in [3.05, 3.63) is 63.1 Å². The second-order valence-corrected chi connectivity index (χ2v) is 6.86. The third-order valence-electron chi connectivity index (χ3n) is 4.35. The van der Waals surface area contributed by atoms with Gasteiger partial charge in [0.25, 0.3) is 0 Å². The van der Waals surface area contributed by atoms with Gasteiger partial charge in [-0.2, -0.15) is 0 Å². The lowest BCUT2D eigenvalue weighted by molar-refractivity contribution is 0.248. The molecule has 142 valence electrons. The first-order valence-electron chi connectivity index (χ1n) is 11.4. The smallest absolute Gasteiger partial charge is 0.350 e. The topological polar surface area (TPSA) is 45.8 Å². The highest BCUT2D eigenvalue weighted by atomic mass is 35.5. The molecule has 0 bridgehead atoms. The first-order valence-corrected chi connectivity index (χ1v) is 9.15. The summed E-state index contributed by atoms with van der Waals surface area (Å²) in [5.74, 6) is 0. The number of benzene rings is 1. The van der Waals surface area contributed by atoms with Crippen LogP contribution in [0.15, 0.2) is 47.4 Å². The number of fused-ring (bicyclic) bond motifs is 1. The fourth-order valence-electron chi connectivity index (χ4n) is 2.91. The summed E-state index contributed by atoms with van der Waals surface area (Å²) in [5, 5.41) is 4.73. The molecule has 0 N–H and O–H groups in total. The molecule has 0 saturated carbocycles. The van der Waals surface area contributed by atoms with Crippen molar-refractivity contribution in [2.45, 2.75) is 12.9 Å². The highest BCUT2D eigenvalue weighted by Crippen LogP contribution is 2.27. The van der Waals surface area contributed by atoms with Gasteiger partial charge in [-0.05, 0) is 36.7 Å². The van der Waals surface area contributed by atoms with Crippen LogP contribution in [0, 0.1) is 0 Å². The molecule has 6 nitrogen and oxygen atoms in total. The summed E-state index contributed by atoms with van der Waals surface area (Å²) in [7, 11) is 0. The predicted molar refractivity (Wildman–Crippen MR) is 109 cm³/mol. The molecular weight excluding hydrogens is 385 g/mol. The summed E-state index contributed by atoms with van der Waals surface area (Å²) in [6, 6.07) is 9.85. The Balaban J connectivity index is 1.58. The molecule has 1 saturated heterocycles. The molecular formula is C19H21Cl2N5O. The maximum absolute atomic E-state index is 12.7. The quantitative estimate of drug-likeness (QED) is 0.647. The first-order chi connectivity index (χ1) is 15.4. The summed E-state index contributed by atoms with van der Waals surface area (Å²) in [6.45, 7) is -4.82. The average molecular weight is 412 g/mol. The maximum Gasteiger partial charge on any atom is 0.350 e. The van der Waals surface area contributed by atoms with Crippen LogP contribution in [-0.2, 0) is 6.50 Å². The van der Waals surface area contributed by atoms with Crippen molar-refractivity contribution in [3.63, 3.8) is 0 Å². The van der Waals surface area contributed by atoms with Crippen molar-refractivity contribution in [2.75, 3.05) is 37.6 Å². The van der Waals surface area contributed by atoms with E-state index < -0.39 is 25.1 Å². The van der Waals surface area contributed by atoms with Gasteiger partial charge < -0.3 is 4.90 Å². The fourth-order valence-corrected chi connectivity index (χ4v) is 3.20. The van der Waals surface area contributed by atoms with Crippen LogP contribution < -0.4 is 10.6 Å². The van der Waals surface area contributed by atoms with E-state index in [2.05, 4.69) is 5.10 Å². The van der Waals surface area contributed by atoms with Crippen LogP contribution in [0.25, 0.3) is 5.65 Å². The number of rotatable bonds is 5. The Morgan fingerprint density at radius 2 is 1.85 bits per heavy atom. The molecule has 27 heavy (non-hydrogen) atoms. The molecule has 0 unspecified atom stereocenters. The number of hydrogen-bond donors (Lipinski definition) is 0. The molecule has 0 spiro atoms. The molecule has 3 aromatic rings. The summed E-state index contributed by atoms with van der Waals surface area (Å²) in [6.07, 6.45) is -1.72. The lowest BCUT2D eigenvalue weighted by Crippen LogP contribution is -2.46. The molecule has 1 fully saturated rings. The minimum Gasteiger partial charge on any atom is -0.369 e. The van der Waals surface area contributed by atoms with Crippen molar-refractivity contribution >= 4 is 34.5 Å². The van der Waals surface area contributed by atoms with E-state index in [0.29, 0.717) is 27.8 Å². The highest BCUT2D eigenvalue weighted by Gasteiger charge is 2.17. The van der Waals surface area contributed by atoms with Gasteiger partial charge >= 0.3 is 5.69 Å². The number of aryl methyl sites for hydroxylation is 1. The van der Waals surface area contributed by atoms with Gasteiger partial charge in [0.15, 0.2) is 5.65 Å². The Morgan fingerprint density at radius 3 is 2.59 bits per heavy atom. The molecule has 1 aliphatic rings. The first kappa shape index (κ1) is 12.4. The largest absolute Gasteiger partial charge is 0.369 e. The van der Waals surface area contributed by atoms with Crippen LogP contribution in [0.5, 0.6) is 0 Å². The highest BCUT2D eigenvalue weighted by molar-refractivity contribution is 6.42. The number of halogens is 2. The minimum absolute atomic E-state index is 0.128. The Bertz CT molecular complexity index is 1240. The van der Waals surface area contributed by atoms with E-state index in [4.69, 9.17) is 31.4 Å². The number of aromatic nitrogens is 3. The van der Waals surface area contributed by atoms with Gasteiger partial charge in [0.1, 0.15) is 0 Å². The predicted octanol–water partition coefficient (Wildman–Crippen LogP) is 3.02. The molecule has 1 aliphatic heterocycles. The van der Waals surface area contributed by atoms with Crippen molar-refractivity contribution in [3.8, 4) is 0 Å². The van der Waals surface area contributed by atoms with E-state index in [1.54, 1.807) is 30.3 Å². The van der Waals surface area contributed by atoms with E-state index in [1.165, 1.54) is 17.2 Å². The molecule has 2 aromatic heterocycles. The number of pyridine rings is 1. The van der Waals surface area contributed by atoms with Crippen molar-refractivity contribution in [2.24, 2.45) is 0 Å². The molecule has 3 heterocycles. The van der Waals surface area contributed by atoms with Crippen molar-refractivity contribution in [1.29, 1.82) is 0 Å². The monoisotopic (exact) mass is 411 g/mol. The Labute approximate surface area is 175 Å². The fraction of sp³-hybridized carbons (Fsp3) is 0.368. The number of hydrogen-bond acceptors (Lipinski definition) is 4. The standard InChI is InChI=1S/C19H21Cl2N5O/c20-16-6-5-15(14-17(16)21)24-12-10-23(11-13-24)7-3-9-26-19(27)25-8-2-1-4-18(25)22-26/h1-2,4-6,8,14H,3,7,9-13H2/i3D2,7D2,9D2. The summed E-state index contributed by atoms with van der Waals surface area (Å²) >= 11 is 12.1. The van der Waals surface area contributed by atoms with Crippen LogP contribution in [0.4, 0.5) is 5.69 Å². The minimum atomic E-state index is -3.12. The van der Waals surface area contributed by atoms with Gasteiger partial charge in [0.2, 0.25) is 0 Å². The Kier molecular flexibility index (Phi) is 3.65. The summed E-state index contributed by atoms with van der Waals surface area (Å²) in [5.41, 5.74) is 0.0527. The lowest BCUT2D eigenvalue weighted by Gasteiger charge is -2.36. The number of piperazine rings is 1. The Morgan fingerprint density at radius 1 is 1.04 bits per heavy atom. The Hall–Kier alpha value is -2.02. The molecule has 0 atom stereocenters. The van der Waals surface area contributed by atoms with Gasteiger partial charge in [-0.15, -0.1) is 5.10 Å². The SMILES string of the molecule is [2H]C([2H])(N1CCN(c2ccc(Cl)c(Cl)c2)CC1)C([2H])([2H])C([2H])([2H])n1nc2ccccn2c1=O. The molecule has 4 rings (SSSR count). The summed E-state index contributed by atoms with van der Waals surface area (Å²) in [4.78, 5) is 15.9. The van der Waals surface area contributed by atoms with Crippen LogP contribution >= 0.6 is 23.2 Å². The van der Waals surface area contributed by atoms with Gasteiger partial charge in [0.05, 0.1) is 12.8 Å². The third-order valence-corrected chi connectivity index (χ3v) is 5.09. The van der Waals surface area contributed by atoms with Crippen LogP contribution in [-0.4, -0.2) is 51.8 Å². The normalized spacial score (nSPS) is 20.4. The van der Waals surface area contributed by atoms with Crippen molar-refractivity contribution in [1.82, 2.24) is 19.1 Å². The second kappa shape index (κ2) is 7.92. The zero-order valence-corrected chi connectivity index (χ0v) is 15.8. The number of nitrogens with zero attached hydrogens (tertiary/aromatic N) is 5. The van der Waals surface area contributed by atoms with Crippen molar-refractivity contribution < 1.29 is 8.22 Å². The number of anilines is 1. The maximum atomic E-state index is 12.7. The zero-order chi connectivity index (χ0) is 24.2. The third kappa shape index (κ3) is 3.98.